The minimum absolute atomic E-state index is 0.0362. The molecular weight excluding hydrogens is 878 g/mol. The van der Waals surface area contributed by atoms with E-state index in [9.17, 15) is 19.2 Å². The van der Waals surface area contributed by atoms with E-state index >= 15 is 0 Å². The Bertz CT molecular complexity index is 2510. The van der Waals surface area contributed by atoms with Crippen LogP contribution in [0.25, 0.3) is 0 Å². The summed E-state index contributed by atoms with van der Waals surface area (Å²) in [6.45, 7) is 5.11. The number of benzene rings is 4. The first kappa shape index (κ1) is 47.0. The van der Waals surface area contributed by atoms with E-state index < -0.39 is 0 Å². The van der Waals surface area contributed by atoms with Crippen LogP contribution in [-0.2, 0) is 26.9 Å². The Morgan fingerprint density at radius 1 is 0.545 bits per heavy atom. The van der Waals surface area contributed by atoms with Crippen molar-refractivity contribution in [1.82, 2.24) is 34.7 Å². The van der Waals surface area contributed by atoms with Crippen molar-refractivity contribution in [3.8, 4) is 0 Å². The minimum atomic E-state index is -0.340. The molecule has 2 saturated heterocycles. The summed E-state index contributed by atoms with van der Waals surface area (Å²) in [4.78, 5) is 55.6. The molecule has 0 saturated carbocycles. The number of piperidine rings is 1. The maximum Gasteiger partial charge on any atom is 0.259 e. The molecule has 0 atom stereocenters. The highest BCUT2D eigenvalue weighted by Gasteiger charge is 2.23. The number of hydrogen-bond acceptors (Lipinski definition) is 9. The van der Waals surface area contributed by atoms with E-state index in [4.69, 9.17) is 34.0 Å². The Morgan fingerprint density at radius 2 is 0.909 bits per heavy atom. The van der Waals surface area contributed by atoms with Crippen molar-refractivity contribution in [3.63, 3.8) is 0 Å². The largest absolute Gasteiger partial charge is 0.357 e. The summed E-state index contributed by atoms with van der Waals surface area (Å²) in [6.07, 6.45) is 6.44. The van der Waals surface area contributed by atoms with Gasteiger partial charge in [-0.05, 0) is 67.8 Å². The smallest absolute Gasteiger partial charge is 0.259 e. The number of rotatable bonds is 12. The zero-order valence-corrected chi connectivity index (χ0v) is 38.3. The molecular formula is C49H51Cl2N11O4. The number of nitrogens with zero attached hydrogens (tertiary/aromatic N) is 6. The van der Waals surface area contributed by atoms with Gasteiger partial charge in [0.15, 0.2) is 11.6 Å². The third kappa shape index (κ3) is 11.8. The van der Waals surface area contributed by atoms with Gasteiger partial charge >= 0.3 is 0 Å². The van der Waals surface area contributed by atoms with E-state index in [0.717, 1.165) is 63.2 Å². The maximum atomic E-state index is 13.0. The molecule has 17 heteroatoms. The lowest BCUT2D eigenvalue weighted by molar-refractivity contribution is 0.0978. The van der Waals surface area contributed by atoms with Crippen LogP contribution < -0.4 is 16.0 Å². The average molecular weight is 929 g/mol. The van der Waals surface area contributed by atoms with Crippen molar-refractivity contribution < 1.29 is 19.2 Å². The topological polar surface area (TPSA) is 194 Å². The van der Waals surface area contributed by atoms with Gasteiger partial charge in [-0.1, -0.05) is 71.7 Å². The first-order valence-electron chi connectivity index (χ1n) is 21.6. The number of ketones is 2. The van der Waals surface area contributed by atoms with Crippen LogP contribution in [-0.4, -0.2) is 104 Å². The van der Waals surface area contributed by atoms with Crippen LogP contribution in [0.15, 0.2) is 109 Å². The van der Waals surface area contributed by atoms with Gasteiger partial charge in [0.25, 0.3) is 11.8 Å². The van der Waals surface area contributed by atoms with Crippen LogP contribution in [0.1, 0.15) is 83.2 Å². The molecule has 4 heterocycles. The molecule has 2 aliphatic heterocycles. The molecule has 4 aromatic carbocycles. The Morgan fingerprint density at radius 3 is 1.30 bits per heavy atom. The minimum Gasteiger partial charge on any atom is -0.357 e. The van der Waals surface area contributed by atoms with E-state index in [1.165, 1.54) is 18.8 Å². The second kappa shape index (κ2) is 21.8. The number of Topliss-reactive ketones (excluding diaryl/α,β-unsaturated/α-hetero) is 2. The van der Waals surface area contributed by atoms with E-state index in [2.05, 4.69) is 31.0 Å². The fourth-order valence-electron chi connectivity index (χ4n) is 7.70. The zero-order chi connectivity index (χ0) is 46.7. The predicted molar refractivity (Wildman–Crippen MR) is 258 cm³/mol. The van der Waals surface area contributed by atoms with Crippen molar-refractivity contribution in [3.05, 3.63) is 164 Å². The summed E-state index contributed by atoms with van der Waals surface area (Å²) in [7, 11) is 3.42. The normalized spacial score (nSPS) is 13.6. The number of aryl methyl sites for hydroxylation is 2. The number of aromatic nitrogens is 4. The van der Waals surface area contributed by atoms with Gasteiger partial charge in [0, 0.05) is 97.0 Å². The highest BCUT2D eigenvalue weighted by molar-refractivity contribution is 6.31. The third-order valence-electron chi connectivity index (χ3n) is 11.5. The first-order chi connectivity index (χ1) is 31.8. The van der Waals surface area contributed by atoms with Gasteiger partial charge in [0.1, 0.15) is 11.7 Å². The van der Waals surface area contributed by atoms with Crippen LogP contribution in [0.5, 0.6) is 0 Å². The summed E-state index contributed by atoms with van der Waals surface area (Å²) < 4.78 is 3.10. The SMILES string of the molecule is Cn1ncc(C(=O)Nc2ccc(Cl)cc2)c1CC(=O)c1ccc(C(=N)N2CCCCC2)cc1.Cn1ncc(C(=O)Nc2ccc(Cl)cc2)c1CC(=O)c1ccc(C(=N)N2CCNCC2)cc1. The number of hydrogen-bond donors (Lipinski definition) is 5. The van der Waals surface area contributed by atoms with E-state index in [-0.39, 0.29) is 36.2 Å². The molecule has 0 radical (unpaired) electrons. The first-order valence-corrected chi connectivity index (χ1v) is 22.4. The fourth-order valence-corrected chi connectivity index (χ4v) is 7.95. The van der Waals surface area contributed by atoms with Gasteiger partial charge in [-0.15, -0.1) is 0 Å². The number of halogens is 2. The van der Waals surface area contributed by atoms with Crippen LogP contribution in [0.3, 0.4) is 0 Å². The Labute approximate surface area is 393 Å². The quantitative estimate of drug-likeness (QED) is 0.0468. The van der Waals surface area contributed by atoms with Gasteiger partial charge in [-0.25, -0.2) is 0 Å². The van der Waals surface area contributed by atoms with Gasteiger partial charge in [0.05, 0.1) is 47.8 Å². The molecule has 15 nitrogen and oxygen atoms in total. The zero-order valence-electron chi connectivity index (χ0n) is 36.7. The summed E-state index contributed by atoms with van der Waals surface area (Å²) in [6, 6.07) is 27.8. The summed E-state index contributed by atoms with van der Waals surface area (Å²) in [5, 5.41) is 35.3. The van der Waals surface area contributed by atoms with E-state index in [1.54, 1.807) is 108 Å². The number of anilines is 2. The van der Waals surface area contributed by atoms with Crippen LogP contribution in [0.4, 0.5) is 11.4 Å². The van der Waals surface area contributed by atoms with Crippen LogP contribution >= 0.6 is 23.2 Å². The van der Waals surface area contributed by atoms with Crippen LogP contribution in [0.2, 0.25) is 10.0 Å². The highest BCUT2D eigenvalue weighted by atomic mass is 35.5. The third-order valence-corrected chi connectivity index (χ3v) is 12.0. The summed E-state index contributed by atoms with van der Waals surface area (Å²) in [5.74, 6) is 0.0472. The summed E-state index contributed by atoms with van der Waals surface area (Å²) >= 11 is 11.8. The number of amidine groups is 2. The number of amides is 2. The van der Waals surface area contributed by atoms with Gasteiger partial charge in [-0.2, -0.15) is 10.2 Å². The van der Waals surface area contributed by atoms with Crippen molar-refractivity contribution >= 4 is 69.6 Å². The van der Waals surface area contributed by atoms with Crippen molar-refractivity contribution in [2.24, 2.45) is 14.1 Å². The second-order valence-electron chi connectivity index (χ2n) is 16.0. The molecule has 0 spiro atoms. The lowest BCUT2D eigenvalue weighted by Crippen LogP contribution is -2.46. The van der Waals surface area contributed by atoms with Crippen molar-refractivity contribution in [2.75, 3.05) is 49.9 Å². The Hall–Kier alpha value is -6.94. The van der Waals surface area contributed by atoms with E-state index in [0.29, 0.717) is 66.7 Å². The fraction of sp³-hybridized carbons (Fsp3) is 0.265. The number of carbonyl (C=O) groups is 4. The van der Waals surface area contributed by atoms with Crippen molar-refractivity contribution in [2.45, 2.75) is 32.1 Å². The monoisotopic (exact) mass is 927 g/mol. The molecule has 6 aromatic rings. The molecule has 5 N–H and O–H groups in total. The molecule has 2 aliphatic rings. The molecule has 340 valence electrons. The number of piperazine rings is 1. The Kier molecular flexibility index (Phi) is 15.6. The average Bonchev–Trinajstić information content (AvgIpc) is 3.90. The Balaban J connectivity index is 0.000000196. The van der Waals surface area contributed by atoms with Crippen LogP contribution in [0, 0.1) is 10.8 Å². The van der Waals surface area contributed by atoms with Gasteiger partial charge < -0.3 is 25.8 Å². The van der Waals surface area contributed by atoms with Crippen molar-refractivity contribution in [1.29, 1.82) is 10.8 Å². The molecule has 0 aliphatic carbocycles. The lowest BCUT2D eigenvalue weighted by Gasteiger charge is -2.29. The summed E-state index contributed by atoms with van der Waals surface area (Å²) in [5.41, 5.74) is 5.62. The van der Waals surface area contributed by atoms with Gasteiger partial charge in [-0.3, -0.25) is 39.4 Å². The second-order valence-corrected chi connectivity index (χ2v) is 16.9. The highest BCUT2D eigenvalue weighted by Crippen LogP contribution is 2.21. The molecule has 2 amide bonds. The number of carbonyl (C=O) groups excluding carboxylic acids is 4. The lowest BCUT2D eigenvalue weighted by atomic mass is 10.0. The molecule has 66 heavy (non-hydrogen) atoms. The predicted octanol–water partition coefficient (Wildman–Crippen LogP) is 7.54. The number of nitrogens with one attached hydrogen (secondary N) is 5. The van der Waals surface area contributed by atoms with E-state index in [1.807, 2.05) is 17.0 Å². The maximum absolute atomic E-state index is 13.0. The molecule has 2 aromatic heterocycles. The molecule has 8 rings (SSSR count). The molecule has 0 bridgehead atoms. The standard InChI is InChI=1S/C25H26ClN5O2.C24H25ClN6O2/c1-30-22(21(16-28-30)25(33)29-20-11-9-19(26)10-12-20)15-23(32)17-5-7-18(8-6-17)24(27)31-13-3-2-4-14-31;1-30-21(20(15-28-30)24(33)29-19-8-6-18(25)7-9-19)14-22(32)16-2-4-17(5-3-16)23(26)31-12-10-27-11-13-31/h5-12,16,27H,2-4,13-15H2,1H3,(H,29,33);2-9,15,26-27H,10-14H2,1H3,(H,29,33). The van der Waals surface area contributed by atoms with Gasteiger partial charge in [0.2, 0.25) is 0 Å². The molecule has 0 unspecified atom stereocenters. The molecule has 2 fully saturated rings. The number of likely N-dealkylation sites (tertiary alicyclic amines) is 1.